The van der Waals surface area contributed by atoms with Crippen molar-refractivity contribution in [2.75, 3.05) is 0 Å². The van der Waals surface area contributed by atoms with Crippen molar-refractivity contribution in [2.24, 2.45) is 0 Å². The van der Waals surface area contributed by atoms with Crippen LogP contribution >= 0.6 is 11.8 Å². The minimum Gasteiger partial charge on any atom is -0.344 e. The van der Waals surface area contributed by atoms with Crippen LogP contribution in [0.2, 0.25) is 0 Å². The molecule has 20 heavy (non-hydrogen) atoms. The Morgan fingerprint density at radius 3 is 2.30 bits per heavy atom. The van der Waals surface area contributed by atoms with Crippen LogP contribution in [0.5, 0.6) is 0 Å². The molecule has 3 aromatic rings. The maximum Gasteiger partial charge on any atom is 0.0595 e. The lowest BCUT2D eigenvalue weighted by Gasteiger charge is -2.03. The first-order valence-corrected chi connectivity index (χ1v) is 7.29. The molecule has 0 saturated heterocycles. The number of benzene rings is 1. The first-order valence-electron chi connectivity index (χ1n) is 6.47. The molecule has 3 rings (SSSR count). The maximum atomic E-state index is 2.27. The van der Waals surface area contributed by atoms with Crippen molar-refractivity contribution in [3.05, 3.63) is 65.5 Å². The van der Waals surface area contributed by atoms with Crippen molar-refractivity contribution in [1.29, 1.82) is 0 Å². The molecule has 0 aliphatic heterocycles. The van der Waals surface area contributed by atoms with Gasteiger partial charge in [0.05, 0.1) is 5.52 Å². The van der Waals surface area contributed by atoms with Crippen molar-refractivity contribution >= 4 is 17.3 Å². The Bertz CT molecular complexity index is 727. The van der Waals surface area contributed by atoms with Gasteiger partial charge >= 0.3 is 0 Å². The Kier molecular flexibility index (Phi) is 4.21. The first kappa shape index (κ1) is 14.7. The van der Waals surface area contributed by atoms with Gasteiger partial charge in [-0.25, -0.2) is 0 Å². The molecule has 104 valence electrons. The summed E-state index contributed by atoms with van der Waals surface area (Å²) in [4.78, 5) is 2.66. The summed E-state index contributed by atoms with van der Waals surface area (Å²) in [5.41, 5.74) is 5.30. The van der Waals surface area contributed by atoms with Crippen molar-refractivity contribution < 1.29 is 0 Å². The molecular formula is C17H20N2S. The molecule has 2 aromatic heterocycles. The van der Waals surface area contributed by atoms with Crippen LogP contribution < -0.4 is 6.15 Å². The first-order chi connectivity index (χ1) is 9.16. The number of fused-ring (bicyclic) bond motifs is 1. The largest absolute Gasteiger partial charge is 0.344 e. The third-order valence-electron chi connectivity index (χ3n) is 3.58. The second-order valence-corrected chi connectivity index (χ2v) is 5.99. The van der Waals surface area contributed by atoms with E-state index in [0.717, 1.165) is 0 Å². The molecule has 0 spiro atoms. The molecule has 1 aromatic carbocycles. The number of pyridine rings is 1. The summed E-state index contributed by atoms with van der Waals surface area (Å²) in [5, 5.41) is 0. The van der Waals surface area contributed by atoms with Crippen LogP contribution in [0.15, 0.2) is 58.5 Å². The zero-order chi connectivity index (χ0) is 13.4. The van der Waals surface area contributed by atoms with Gasteiger partial charge in [0.2, 0.25) is 0 Å². The summed E-state index contributed by atoms with van der Waals surface area (Å²) in [5.74, 6) is 0. The second-order valence-electron chi connectivity index (χ2n) is 4.91. The highest BCUT2D eigenvalue weighted by Gasteiger charge is 2.12. The lowest BCUT2D eigenvalue weighted by molar-refractivity contribution is 1.09. The van der Waals surface area contributed by atoms with E-state index in [1.807, 2.05) is 11.8 Å². The van der Waals surface area contributed by atoms with Gasteiger partial charge in [-0.15, -0.1) is 0 Å². The summed E-state index contributed by atoms with van der Waals surface area (Å²) >= 11 is 1.85. The van der Waals surface area contributed by atoms with Crippen molar-refractivity contribution in [3.63, 3.8) is 0 Å². The van der Waals surface area contributed by atoms with Crippen LogP contribution in [0.1, 0.15) is 16.8 Å². The molecule has 0 amide bonds. The highest BCUT2D eigenvalue weighted by molar-refractivity contribution is 7.99. The molecule has 3 N–H and O–H groups in total. The predicted octanol–water partition coefficient (Wildman–Crippen LogP) is 5.18. The Balaban J connectivity index is 0.00000147. The van der Waals surface area contributed by atoms with E-state index in [4.69, 9.17) is 0 Å². The van der Waals surface area contributed by atoms with Crippen LogP contribution in [-0.2, 0) is 0 Å². The average molecular weight is 284 g/mol. The van der Waals surface area contributed by atoms with Gasteiger partial charge in [0, 0.05) is 21.7 Å². The number of aryl methyl sites for hydroxylation is 2. The highest BCUT2D eigenvalue weighted by Crippen LogP contribution is 2.36. The van der Waals surface area contributed by atoms with Crippen LogP contribution in [-0.4, -0.2) is 4.40 Å². The van der Waals surface area contributed by atoms with Gasteiger partial charge in [0.1, 0.15) is 0 Å². The monoisotopic (exact) mass is 284 g/mol. The van der Waals surface area contributed by atoms with Gasteiger partial charge in [-0.05, 0) is 50.6 Å². The highest BCUT2D eigenvalue weighted by atomic mass is 32.2. The van der Waals surface area contributed by atoms with Crippen LogP contribution in [0, 0.1) is 20.8 Å². The van der Waals surface area contributed by atoms with E-state index in [-0.39, 0.29) is 6.15 Å². The fraction of sp³-hybridized carbons (Fsp3) is 0.176. The number of hydrogen-bond acceptors (Lipinski definition) is 2. The maximum absolute atomic E-state index is 2.27. The summed E-state index contributed by atoms with van der Waals surface area (Å²) in [6, 6.07) is 15.1. The standard InChI is InChI=1S/C17H17NS.H3N/c1-12-7-9-15(10-8-12)19-17-13(2)14(3)18-11-5-4-6-16(17)18;/h4-11H,1-3H3;1H3. The summed E-state index contributed by atoms with van der Waals surface area (Å²) in [6.07, 6.45) is 2.14. The van der Waals surface area contributed by atoms with E-state index in [9.17, 15) is 0 Å². The van der Waals surface area contributed by atoms with Crippen LogP contribution in [0.3, 0.4) is 0 Å². The molecule has 2 nitrogen and oxygen atoms in total. The summed E-state index contributed by atoms with van der Waals surface area (Å²) in [6.45, 7) is 6.51. The van der Waals surface area contributed by atoms with Crippen LogP contribution in [0.25, 0.3) is 5.52 Å². The van der Waals surface area contributed by atoms with Gasteiger partial charge in [-0.2, -0.15) is 0 Å². The van der Waals surface area contributed by atoms with E-state index >= 15 is 0 Å². The molecule has 0 aliphatic carbocycles. The molecule has 0 aliphatic rings. The molecule has 0 saturated carbocycles. The van der Waals surface area contributed by atoms with Gasteiger partial charge in [0.15, 0.2) is 0 Å². The second kappa shape index (κ2) is 5.73. The molecule has 0 bridgehead atoms. The Hall–Kier alpha value is -1.71. The van der Waals surface area contributed by atoms with Gasteiger partial charge in [-0.1, -0.05) is 35.5 Å². The van der Waals surface area contributed by atoms with Crippen molar-refractivity contribution in [1.82, 2.24) is 10.6 Å². The quantitative estimate of drug-likeness (QED) is 0.704. The van der Waals surface area contributed by atoms with Crippen molar-refractivity contribution in [2.45, 2.75) is 30.6 Å². The molecular weight excluding hydrogens is 264 g/mol. The molecule has 3 heteroatoms. The predicted molar refractivity (Wildman–Crippen MR) is 87.2 cm³/mol. The number of aromatic nitrogens is 1. The zero-order valence-electron chi connectivity index (χ0n) is 12.2. The molecule has 0 atom stereocenters. The van der Waals surface area contributed by atoms with E-state index in [1.54, 1.807) is 0 Å². The molecule has 2 heterocycles. The molecule has 0 unspecified atom stereocenters. The normalized spacial score (nSPS) is 10.6. The average Bonchev–Trinajstić information content (AvgIpc) is 2.67. The number of rotatable bonds is 2. The Morgan fingerprint density at radius 2 is 1.60 bits per heavy atom. The smallest absolute Gasteiger partial charge is 0.0595 e. The lowest BCUT2D eigenvalue weighted by atomic mass is 10.2. The fourth-order valence-electron chi connectivity index (χ4n) is 2.31. The lowest BCUT2D eigenvalue weighted by Crippen LogP contribution is -1.84. The van der Waals surface area contributed by atoms with Gasteiger partial charge < -0.3 is 10.6 Å². The summed E-state index contributed by atoms with van der Waals surface area (Å²) in [7, 11) is 0. The molecule has 0 radical (unpaired) electrons. The number of nitrogens with zero attached hydrogens (tertiary/aromatic N) is 1. The van der Waals surface area contributed by atoms with E-state index in [0.29, 0.717) is 0 Å². The Morgan fingerprint density at radius 1 is 0.900 bits per heavy atom. The summed E-state index contributed by atoms with van der Waals surface area (Å²) < 4.78 is 2.27. The number of hydrogen-bond donors (Lipinski definition) is 1. The zero-order valence-corrected chi connectivity index (χ0v) is 13.0. The topological polar surface area (TPSA) is 39.4 Å². The minimum atomic E-state index is 0. The SMILES string of the molecule is Cc1ccc(Sc2c(C)c(C)n3ccccc23)cc1.N. The fourth-order valence-corrected chi connectivity index (χ4v) is 3.39. The van der Waals surface area contributed by atoms with E-state index in [2.05, 4.69) is 73.8 Å². The van der Waals surface area contributed by atoms with Crippen LogP contribution in [0.4, 0.5) is 0 Å². The van der Waals surface area contributed by atoms with Gasteiger partial charge in [0.25, 0.3) is 0 Å². The third kappa shape index (κ3) is 2.47. The Labute approximate surface area is 124 Å². The van der Waals surface area contributed by atoms with E-state index in [1.165, 1.54) is 32.1 Å². The van der Waals surface area contributed by atoms with E-state index < -0.39 is 0 Å². The minimum absolute atomic E-state index is 0. The molecule has 0 fully saturated rings. The van der Waals surface area contributed by atoms with Gasteiger partial charge in [-0.3, -0.25) is 0 Å². The van der Waals surface area contributed by atoms with Crippen molar-refractivity contribution in [3.8, 4) is 0 Å². The third-order valence-corrected chi connectivity index (χ3v) is 4.81.